The van der Waals surface area contributed by atoms with Crippen LogP contribution in [0, 0.1) is 11.3 Å². The third-order valence-electron chi connectivity index (χ3n) is 4.96. The Balaban J connectivity index is 1.71. The Kier molecular flexibility index (Phi) is 6.35. The smallest absolute Gasteiger partial charge is 0.279 e. The predicted octanol–water partition coefficient (Wildman–Crippen LogP) is 1.91. The van der Waals surface area contributed by atoms with Crippen LogP contribution in [0.25, 0.3) is 16.6 Å². The highest BCUT2D eigenvalue weighted by Gasteiger charge is 2.25. The highest BCUT2D eigenvalue weighted by molar-refractivity contribution is 5.91. The number of likely N-dealkylation sites (N-methyl/N-ethyl adjacent to an activating group) is 1. The van der Waals surface area contributed by atoms with E-state index in [1.807, 2.05) is 30.3 Å². The van der Waals surface area contributed by atoms with Crippen LogP contribution in [0.3, 0.4) is 0 Å². The molecule has 0 fully saturated rings. The molecule has 2 aromatic carbocycles. The number of quaternary nitrogens is 1. The van der Waals surface area contributed by atoms with E-state index in [1.165, 1.54) is 0 Å². The molecule has 3 aromatic rings. The van der Waals surface area contributed by atoms with E-state index in [0.717, 1.165) is 10.4 Å². The fourth-order valence-electron chi connectivity index (χ4n) is 3.04. The first-order chi connectivity index (χ1) is 14.4. The zero-order chi connectivity index (χ0) is 21.7. The van der Waals surface area contributed by atoms with Crippen molar-refractivity contribution >= 4 is 28.2 Å². The van der Waals surface area contributed by atoms with Gasteiger partial charge < -0.3 is 25.0 Å². The molecule has 0 radical (unpaired) electrons. The average Bonchev–Trinajstić information content (AvgIpc) is 3.17. The number of aliphatic hydroxyl groups is 1. The number of rotatable bonds is 7. The molecule has 1 aromatic heterocycles. The first-order valence-corrected chi connectivity index (χ1v) is 9.47. The number of anilines is 1. The number of para-hydroxylation sites is 2. The number of allylic oxidation sites excluding steroid dienone is 1. The number of aliphatic hydroxyl groups excluding tert-OH is 1. The van der Waals surface area contributed by atoms with Crippen molar-refractivity contribution in [1.29, 1.82) is 5.26 Å². The molecule has 1 amide bonds. The lowest BCUT2D eigenvalue weighted by molar-refractivity contribution is -0.891. The molecule has 0 saturated heterocycles. The van der Waals surface area contributed by atoms with Crippen molar-refractivity contribution in [1.82, 2.24) is 9.97 Å². The van der Waals surface area contributed by atoms with Crippen LogP contribution < -0.4 is 15.0 Å². The Hall–Kier alpha value is -3.83. The number of nitrogens with one attached hydrogen (secondary N) is 3. The molecule has 1 unspecified atom stereocenters. The van der Waals surface area contributed by atoms with Crippen LogP contribution in [0.2, 0.25) is 0 Å². The SMILES string of the molecule is COc1ccc(NC(=O)C[NH+](C)[C@H](C)/C(O)=C(\C#N)c2nc3ccccc3[nH]2)cc1. The van der Waals surface area contributed by atoms with Gasteiger partial charge in [-0.25, -0.2) is 4.98 Å². The van der Waals surface area contributed by atoms with E-state index in [1.54, 1.807) is 45.3 Å². The van der Waals surface area contributed by atoms with Crippen LogP contribution >= 0.6 is 0 Å². The number of imidazole rings is 1. The largest absolute Gasteiger partial charge is 0.505 e. The Labute approximate surface area is 174 Å². The number of amides is 1. The van der Waals surface area contributed by atoms with Crippen LogP contribution in [-0.4, -0.2) is 47.7 Å². The van der Waals surface area contributed by atoms with E-state index in [0.29, 0.717) is 22.8 Å². The lowest BCUT2D eigenvalue weighted by Crippen LogP contribution is -3.13. The van der Waals surface area contributed by atoms with Crippen molar-refractivity contribution in [3.63, 3.8) is 0 Å². The molecule has 0 spiro atoms. The second kappa shape index (κ2) is 9.11. The van der Waals surface area contributed by atoms with Crippen LogP contribution in [0.4, 0.5) is 5.69 Å². The Morgan fingerprint density at radius 2 is 2.00 bits per heavy atom. The maximum Gasteiger partial charge on any atom is 0.279 e. The van der Waals surface area contributed by atoms with Gasteiger partial charge in [-0.2, -0.15) is 5.26 Å². The molecule has 3 rings (SSSR count). The van der Waals surface area contributed by atoms with Gasteiger partial charge in [0.2, 0.25) is 0 Å². The quantitative estimate of drug-likeness (QED) is 0.353. The molecule has 154 valence electrons. The number of aromatic nitrogens is 2. The van der Waals surface area contributed by atoms with Crippen molar-refractivity contribution < 1.29 is 19.5 Å². The van der Waals surface area contributed by atoms with Gasteiger partial charge in [-0.05, 0) is 43.3 Å². The summed E-state index contributed by atoms with van der Waals surface area (Å²) < 4.78 is 5.10. The van der Waals surface area contributed by atoms with Crippen molar-refractivity contribution in [2.45, 2.75) is 13.0 Å². The summed E-state index contributed by atoms with van der Waals surface area (Å²) in [6, 6.07) is 16.0. The van der Waals surface area contributed by atoms with Gasteiger partial charge in [-0.15, -0.1) is 0 Å². The van der Waals surface area contributed by atoms with E-state index >= 15 is 0 Å². The first kappa shape index (κ1) is 20.9. The highest BCUT2D eigenvalue weighted by Crippen LogP contribution is 2.19. The number of aromatic amines is 1. The van der Waals surface area contributed by atoms with Gasteiger partial charge in [0.15, 0.2) is 18.1 Å². The summed E-state index contributed by atoms with van der Waals surface area (Å²) in [5.41, 5.74) is 2.20. The average molecular weight is 406 g/mol. The van der Waals surface area contributed by atoms with Gasteiger partial charge in [-0.3, -0.25) is 4.79 Å². The van der Waals surface area contributed by atoms with Gasteiger partial charge >= 0.3 is 0 Å². The number of methoxy groups -OCH3 is 1. The molecule has 8 nitrogen and oxygen atoms in total. The molecule has 0 aliphatic carbocycles. The lowest BCUT2D eigenvalue weighted by atomic mass is 10.1. The van der Waals surface area contributed by atoms with Crippen LogP contribution in [0.1, 0.15) is 12.7 Å². The summed E-state index contributed by atoms with van der Waals surface area (Å²) in [4.78, 5) is 20.5. The van der Waals surface area contributed by atoms with Crippen molar-refractivity contribution in [3.05, 3.63) is 60.1 Å². The number of nitriles is 1. The van der Waals surface area contributed by atoms with Crippen molar-refractivity contribution in [2.24, 2.45) is 0 Å². The third kappa shape index (κ3) is 4.59. The van der Waals surface area contributed by atoms with Gasteiger partial charge in [0.1, 0.15) is 23.4 Å². The normalized spacial score (nSPS) is 13.8. The van der Waals surface area contributed by atoms with Crippen molar-refractivity contribution in [3.8, 4) is 11.8 Å². The number of carbonyl (C=O) groups excluding carboxylic acids is 1. The summed E-state index contributed by atoms with van der Waals surface area (Å²) in [6.07, 6.45) is 0. The molecule has 1 heterocycles. The summed E-state index contributed by atoms with van der Waals surface area (Å²) >= 11 is 0. The Morgan fingerprint density at radius 3 is 2.63 bits per heavy atom. The van der Waals surface area contributed by atoms with E-state index < -0.39 is 6.04 Å². The third-order valence-corrected chi connectivity index (χ3v) is 4.96. The monoisotopic (exact) mass is 406 g/mol. The molecule has 2 atom stereocenters. The van der Waals surface area contributed by atoms with E-state index in [9.17, 15) is 15.2 Å². The second-order valence-corrected chi connectivity index (χ2v) is 7.00. The van der Waals surface area contributed by atoms with E-state index in [-0.39, 0.29) is 23.8 Å². The molecule has 0 aliphatic rings. The summed E-state index contributed by atoms with van der Waals surface area (Å²) in [5, 5.41) is 23.1. The molecule has 4 N–H and O–H groups in total. The Bertz CT molecular complexity index is 1080. The number of nitrogens with zero attached hydrogens (tertiary/aromatic N) is 2. The maximum absolute atomic E-state index is 12.4. The molecule has 8 heteroatoms. The standard InChI is InChI=1S/C22H23N5O3/c1-14(27(2)13-20(28)24-15-8-10-16(30-3)11-9-15)21(29)17(12-23)22-25-18-6-4-5-7-19(18)26-22/h4-11,14,29H,13H2,1-3H3,(H,24,28)(H,25,26)/p+1/b21-17-/t14-/m1/s1. The fraction of sp³-hybridized carbons (Fsp3) is 0.227. The number of benzene rings is 2. The van der Waals surface area contributed by atoms with E-state index in [4.69, 9.17) is 4.74 Å². The fourth-order valence-corrected chi connectivity index (χ4v) is 3.04. The second-order valence-electron chi connectivity index (χ2n) is 7.00. The molecule has 30 heavy (non-hydrogen) atoms. The van der Waals surface area contributed by atoms with Gasteiger partial charge in [0.05, 0.1) is 25.2 Å². The minimum Gasteiger partial charge on any atom is -0.505 e. The lowest BCUT2D eigenvalue weighted by Gasteiger charge is -2.21. The van der Waals surface area contributed by atoms with Crippen LogP contribution in [0.5, 0.6) is 5.75 Å². The molecule has 0 bridgehead atoms. The number of H-pyrrole nitrogens is 1. The molecule has 0 aliphatic heterocycles. The zero-order valence-corrected chi connectivity index (χ0v) is 17.1. The van der Waals surface area contributed by atoms with Gasteiger partial charge in [-0.1, -0.05) is 12.1 Å². The summed E-state index contributed by atoms with van der Waals surface area (Å²) in [5.74, 6) is 0.679. The molecular weight excluding hydrogens is 382 g/mol. The summed E-state index contributed by atoms with van der Waals surface area (Å²) in [7, 11) is 3.36. The van der Waals surface area contributed by atoms with Crippen LogP contribution in [-0.2, 0) is 4.79 Å². The molecular formula is C22H24N5O3+. The Morgan fingerprint density at radius 1 is 1.30 bits per heavy atom. The van der Waals surface area contributed by atoms with Gasteiger partial charge in [0.25, 0.3) is 5.91 Å². The highest BCUT2D eigenvalue weighted by atomic mass is 16.5. The molecule has 0 saturated carbocycles. The van der Waals surface area contributed by atoms with Gasteiger partial charge in [0, 0.05) is 5.69 Å². The van der Waals surface area contributed by atoms with E-state index in [2.05, 4.69) is 15.3 Å². The number of hydrogen-bond acceptors (Lipinski definition) is 5. The predicted molar refractivity (Wildman–Crippen MR) is 114 cm³/mol. The topological polar surface area (TPSA) is 115 Å². The minimum absolute atomic E-state index is 0.0635. The first-order valence-electron chi connectivity index (χ1n) is 9.47. The maximum atomic E-state index is 12.4. The summed E-state index contributed by atoms with van der Waals surface area (Å²) in [6.45, 7) is 1.86. The zero-order valence-electron chi connectivity index (χ0n) is 17.1. The number of hydrogen-bond donors (Lipinski definition) is 4. The van der Waals surface area contributed by atoms with Crippen molar-refractivity contribution in [2.75, 3.05) is 26.0 Å². The van der Waals surface area contributed by atoms with Crippen LogP contribution in [0.15, 0.2) is 54.3 Å². The number of ether oxygens (including phenoxy) is 1. The minimum atomic E-state index is -0.491. The number of fused-ring (bicyclic) bond motifs is 1. The number of carbonyl (C=O) groups is 1.